The lowest BCUT2D eigenvalue weighted by Crippen LogP contribution is -2.22. The van der Waals surface area contributed by atoms with Crippen LogP contribution in [0.1, 0.15) is 25.2 Å². The Morgan fingerprint density at radius 3 is 2.55 bits per heavy atom. The van der Waals surface area contributed by atoms with Crippen LogP contribution in [0, 0.1) is 5.92 Å². The van der Waals surface area contributed by atoms with Crippen LogP contribution in [0.2, 0.25) is 0 Å². The number of aromatic nitrogens is 2. The highest BCUT2D eigenvalue weighted by Crippen LogP contribution is 2.14. The number of aliphatic hydroxyl groups excluding tert-OH is 1. The Kier molecular flexibility index (Phi) is 6.84. The summed E-state index contributed by atoms with van der Waals surface area (Å²) in [6.45, 7) is 7.86. The number of rotatable bonds is 7. The fourth-order valence-corrected chi connectivity index (χ4v) is 1.52. The van der Waals surface area contributed by atoms with E-state index in [-0.39, 0.29) is 18.6 Å². The molecule has 3 N–H and O–H groups in total. The summed E-state index contributed by atoms with van der Waals surface area (Å²) in [5.41, 5.74) is 7.65. The van der Waals surface area contributed by atoms with Crippen LogP contribution in [0.5, 0.6) is 0 Å². The lowest BCUT2D eigenvalue weighted by molar-refractivity contribution is 0.299. The molecule has 0 amide bonds. The van der Waals surface area contributed by atoms with Gasteiger partial charge in [0.05, 0.1) is 0 Å². The van der Waals surface area contributed by atoms with Gasteiger partial charge in [-0.25, -0.2) is 9.97 Å². The number of aliphatic hydroxyl groups is 1. The second-order valence-corrected chi connectivity index (χ2v) is 4.82. The summed E-state index contributed by atoms with van der Waals surface area (Å²) < 4.78 is 0. The van der Waals surface area contributed by atoms with E-state index in [1.165, 1.54) is 0 Å². The van der Waals surface area contributed by atoms with Gasteiger partial charge in [-0.05, 0) is 24.8 Å². The van der Waals surface area contributed by atoms with Gasteiger partial charge in [0.15, 0.2) is 5.82 Å². The van der Waals surface area contributed by atoms with Gasteiger partial charge in [0.2, 0.25) is 0 Å². The van der Waals surface area contributed by atoms with Gasteiger partial charge in [0.1, 0.15) is 0 Å². The van der Waals surface area contributed by atoms with Crippen molar-refractivity contribution in [2.75, 3.05) is 6.61 Å². The topological polar surface area (TPSA) is 72.0 Å². The molecule has 0 radical (unpaired) electrons. The lowest BCUT2D eigenvalue weighted by atomic mass is 10.0. The first-order valence-corrected chi connectivity index (χ1v) is 6.77. The first-order valence-electron chi connectivity index (χ1n) is 6.77. The number of hydrogen-bond acceptors (Lipinski definition) is 4. The van der Waals surface area contributed by atoms with E-state index in [0.29, 0.717) is 12.2 Å². The summed E-state index contributed by atoms with van der Waals surface area (Å²) in [5, 5.41) is 8.88. The van der Waals surface area contributed by atoms with E-state index in [2.05, 4.69) is 23.5 Å². The molecule has 2 atom stereocenters. The van der Waals surface area contributed by atoms with Crippen molar-refractivity contribution >= 4 is 5.57 Å². The monoisotopic (exact) mass is 273 g/mol. The van der Waals surface area contributed by atoms with Gasteiger partial charge >= 0.3 is 0 Å². The average molecular weight is 273 g/mol. The van der Waals surface area contributed by atoms with Gasteiger partial charge in [-0.1, -0.05) is 37.8 Å². The van der Waals surface area contributed by atoms with Crippen LogP contribution < -0.4 is 5.73 Å². The largest absolute Gasteiger partial charge is 0.396 e. The normalized spacial score (nSPS) is 15.3. The lowest BCUT2D eigenvalue weighted by Gasteiger charge is -2.10. The highest BCUT2D eigenvalue weighted by Gasteiger charge is 2.05. The molecule has 0 bridgehead atoms. The molecule has 0 aliphatic heterocycles. The van der Waals surface area contributed by atoms with Crippen LogP contribution in [0.15, 0.2) is 43.3 Å². The molecule has 1 aromatic heterocycles. The Hall–Kier alpha value is -1.78. The van der Waals surface area contributed by atoms with Crippen LogP contribution in [0.25, 0.3) is 5.57 Å². The zero-order chi connectivity index (χ0) is 15.0. The van der Waals surface area contributed by atoms with E-state index >= 15 is 0 Å². The molecular weight excluding hydrogens is 250 g/mol. The quantitative estimate of drug-likeness (QED) is 0.746. The maximum Gasteiger partial charge on any atom is 0.159 e. The molecule has 4 nitrogen and oxygen atoms in total. The first-order chi connectivity index (χ1) is 9.58. The van der Waals surface area contributed by atoms with Crippen LogP contribution in [-0.2, 0) is 6.42 Å². The molecule has 0 saturated heterocycles. The number of hydrogen-bond donors (Lipinski definition) is 2. The van der Waals surface area contributed by atoms with Crippen molar-refractivity contribution in [3.63, 3.8) is 0 Å². The molecule has 2 unspecified atom stereocenters. The third kappa shape index (κ3) is 5.07. The predicted octanol–water partition coefficient (Wildman–Crippen LogP) is 2.12. The van der Waals surface area contributed by atoms with Crippen molar-refractivity contribution in [3.05, 3.63) is 54.7 Å². The summed E-state index contributed by atoms with van der Waals surface area (Å²) in [5.74, 6) is 0.914. The standard InChI is InChI=1S/C16H23N3O/c1-4-5-15(7-6-12(2)13(3)17)16-18-10-14(8-9-20)11-19-16/h4-7,10-13,20H,1,8-9,17H2,2-3H3/b7-6-,15-5+. The molecule has 108 valence electrons. The second-order valence-electron chi connectivity index (χ2n) is 4.82. The van der Waals surface area contributed by atoms with Crippen molar-refractivity contribution in [1.29, 1.82) is 0 Å². The van der Waals surface area contributed by atoms with Gasteiger partial charge in [0, 0.05) is 30.6 Å². The third-order valence-electron chi connectivity index (χ3n) is 3.07. The van der Waals surface area contributed by atoms with Crippen LogP contribution >= 0.6 is 0 Å². The van der Waals surface area contributed by atoms with Crippen molar-refractivity contribution in [2.45, 2.75) is 26.3 Å². The van der Waals surface area contributed by atoms with Gasteiger partial charge in [-0.2, -0.15) is 0 Å². The average Bonchev–Trinajstić information content (AvgIpc) is 2.44. The minimum atomic E-state index is 0.101. The van der Waals surface area contributed by atoms with E-state index in [9.17, 15) is 0 Å². The van der Waals surface area contributed by atoms with E-state index < -0.39 is 0 Å². The van der Waals surface area contributed by atoms with Gasteiger partial charge < -0.3 is 10.8 Å². The van der Waals surface area contributed by atoms with Crippen molar-refractivity contribution in [1.82, 2.24) is 9.97 Å². The molecule has 1 heterocycles. The van der Waals surface area contributed by atoms with Gasteiger partial charge in [0.25, 0.3) is 0 Å². The summed E-state index contributed by atoms with van der Waals surface area (Å²) in [4.78, 5) is 8.64. The molecule has 1 rings (SSSR count). The molecule has 0 fully saturated rings. The Bertz CT molecular complexity index is 475. The maximum atomic E-state index is 8.88. The first kappa shape index (κ1) is 16.3. The van der Waals surface area contributed by atoms with Crippen LogP contribution in [-0.4, -0.2) is 27.7 Å². The summed E-state index contributed by atoms with van der Waals surface area (Å²) in [6.07, 6.45) is 11.6. The number of nitrogens with two attached hydrogens (primary N) is 1. The molecule has 20 heavy (non-hydrogen) atoms. The number of allylic oxidation sites excluding steroid dienone is 4. The van der Waals surface area contributed by atoms with Gasteiger partial charge in [-0.3, -0.25) is 0 Å². The molecule has 0 saturated carbocycles. The zero-order valence-corrected chi connectivity index (χ0v) is 12.2. The summed E-state index contributed by atoms with van der Waals surface area (Å²) in [6, 6.07) is 0.101. The Labute approximate surface area is 120 Å². The van der Waals surface area contributed by atoms with E-state index in [1.54, 1.807) is 18.5 Å². The summed E-state index contributed by atoms with van der Waals surface area (Å²) >= 11 is 0. The van der Waals surface area contributed by atoms with E-state index in [4.69, 9.17) is 10.8 Å². The summed E-state index contributed by atoms with van der Waals surface area (Å²) in [7, 11) is 0. The molecule has 4 heteroatoms. The van der Waals surface area contributed by atoms with Crippen LogP contribution in [0.3, 0.4) is 0 Å². The molecule has 0 aromatic carbocycles. The zero-order valence-electron chi connectivity index (χ0n) is 12.2. The van der Waals surface area contributed by atoms with E-state index in [1.807, 2.05) is 25.2 Å². The highest BCUT2D eigenvalue weighted by atomic mass is 16.2. The molecular formula is C16H23N3O. The Morgan fingerprint density at radius 2 is 2.05 bits per heavy atom. The second kappa shape index (κ2) is 8.40. The predicted molar refractivity (Wildman–Crippen MR) is 82.9 cm³/mol. The van der Waals surface area contributed by atoms with E-state index in [0.717, 1.165) is 11.1 Å². The van der Waals surface area contributed by atoms with Gasteiger partial charge in [-0.15, -0.1) is 0 Å². The van der Waals surface area contributed by atoms with Crippen molar-refractivity contribution < 1.29 is 5.11 Å². The molecule has 0 aliphatic rings. The van der Waals surface area contributed by atoms with Crippen LogP contribution in [0.4, 0.5) is 0 Å². The fourth-order valence-electron chi connectivity index (χ4n) is 1.52. The Morgan fingerprint density at radius 1 is 1.40 bits per heavy atom. The molecule has 0 aliphatic carbocycles. The third-order valence-corrected chi connectivity index (χ3v) is 3.07. The molecule has 1 aromatic rings. The highest BCUT2D eigenvalue weighted by molar-refractivity contribution is 5.70. The minimum absolute atomic E-state index is 0.101. The fraction of sp³-hybridized carbons (Fsp3) is 0.375. The minimum Gasteiger partial charge on any atom is -0.396 e. The maximum absolute atomic E-state index is 8.88. The number of nitrogens with zero attached hydrogens (tertiary/aromatic N) is 2. The Balaban J connectivity index is 2.91. The SMILES string of the molecule is C=C/C=C(\C=C/C(C)C(C)N)c1ncc(CCO)cn1. The van der Waals surface area contributed by atoms with Crippen molar-refractivity contribution in [3.8, 4) is 0 Å². The van der Waals surface area contributed by atoms with Crippen molar-refractivity contribution in [2.24, 2.45) is 11.7 Å². The molecule has 0 spiro atoms. The smallest absolute Gasteiger partial charge is 0.159 e.